The molecule has 2 saturated heterocycles. The Balaban J connectivity index is 1.45. The van der Waals surface area contributed by atoms with Crippen molar-refractivity contribution < 1.29 is 9.18 Å². The van der Waals surface area contributed by atoms with Crippen LogP contribution in [-0.4, -0.2) is 52.9 Å². The molecule has 6 heteroatoms. The second kappa shape index (κ2) is 8.29. The van der Waals surface area contributed by atoms with Gasteiger partial charge >= 0.3 is 0 Å². The van der Waals surface area contributed by atoms with Crippen LogP contribution in [0, 0.1) is 19.7 Å². The molecule has 150 valence electrons. The van der Waals surface area contributed by atoms with Gasteiger partial charge in [0.05, 0.1) is 5.69 Å². The third-order valence-electron chi connectivity index (χ3n) is 6.00. The number of carbonyl (C=O) groups is 1. The number of carbonyl (C=O) groups excluding carboxylic acids is 1. The second-order valence-corrected chi connectivity index (χ2v) is 9.04. The molecule has 1 aromatic heterocycles. The van der Waals surface area contributed by atoms with Crippen molar-refractivity contribution in [2.75, 3.05) is 26.2 Å². The summed E-state index contributed by atoms with van der Waals surface area (Å²) in [4.78, 5) is 22.8. The zero-order valence-corrected chi connectivity index (χ0v) is 17.5. The Morgan fingerprint density at radius 3 is 2.50 bits per heavy atom. The van der Waals surface area contributed by atoms with Gasteiger partial charge in [-0.05, 0) is 70.3 Å². The van der Waals surface area contributed by atoms with Crippen LogP contribution in [0.5, 0.6) is 0 Å². The first-order chi connectivity index (χ1) is 13.5. The first kappa shape index (κ1) is 19.5. The van der Waals surface area contributed by atoms with Crippen LogP contribution in [0.2, 0.25) is 0 Å². The quantitative estimate of drug-likeness (QED) is 0.751. The first-order valence-electron chi connectivity index (χ1n) is 10.3. The number of nitrogens with zero attached hydrogens (tertiary/aromatic N) is 3. The summed E-state index contributed by atoms with van der Waals surface area (Å²) < 4.78 is 14.3. The topological polar surface area (TPSA) is 36.4 Å². The average Bonchev–Trinajstić information content (AvgIpc) is 3.09. The molecule has 4 rings (SSSR count). The van der Waals surface area contributed by atoms with E-state index in [4.69, 9.17) is 0 Å². The number of benzene rings is 1. The fraction of sp³-hybridized carbons (Fsp3) is 0.545. The number of hydrogen-bond acceptors (Lipinski definition) is 4. The molecule has 0 bridgehead atoms. The number of aromatic nitrogens is 1. The van der Waals surface area contributed by atoms with E-state index in [0.29, 0.717) is 27.2 Å². The van der Waals surface area contributed by atoms with Gasteiger partial charge in [-0.25, -0.2) is 9.37 Å². The molecule has 2 aliphatic heterocycles. The van der Waals surface area contributed by atoms with Crippen molar-refractivity contribution in [2.24, 2.45) is 0 Å². The summed E-state index contributed by atoms with van der Waals surface area (Å²) in [6.45, 7) is 7.72. The van der Waals surface area contributed by atoms with Gasteiger partial charge in [0.25, 0.3) is 5.91 Å². The number of rotatable bonds is 3. The van der Waals surface area contributed by atoms with E-state index in [-0.39, 0.29) is 11.7 Å². The highest BCUT2D eigenvalue weighted by atomic mass is 32.1. The highest BCUT2D eigenvalue weighted by molar-refractivity contribution is 7.17. The number of halogens is 1. The monoisotopic (exact) mass is 401 g/mol. The summed E-state index contributed by atoms with van der Waals surface area (Å²) in [5.41, 5.74) is 2.05. The zero-order valence-electron chi connectivity index (χ0n) is 16.7. The highest BCUT2D eigenvalue weighted by Gasteiger charge is 2.29. The van der Waals surface area contributed by atoms with E-state index in [0.717, 1.165) is 31.5 Å². The van der Waals surface area contributed by atoms with Crippen LogP contribution in [-0.2, 0) is 0 Å². The zero-order chi connectivity index (χ0) is 19.7. The van der Waals surface area contributed by atoms with Crippen molar-refractivity contribution in [2.45, 2.75) is 52.0 Å². The van der Waals surface area contributed by atoms with Gasteiger partial charge in [0.15, 0.2) is 0 Å². The second-order valence-electron chi connectivity index (χ2n) is 8.04. The maximum atomic E-state index is 14.3. The van der Waals surface area contributed by atoms with Crippen molar-refractivity contribution in [1.29, 1.82) is 0 Å². The van der Waals surface area contributed by atoms with Crippen LogP contribution in [0.3, 0.4) is 0 Å². The molecular weight excluding hydrogens is 373 g/mol. The molecule has 0 unspecified atom stereocenters. The van der Waals surface area contributed by atoms with E-state index >= 15 is 0 Å². The van der Waals surface area contributed by atoms with E-state index in [1.807, 2.05) is 24.8 Å². The van der Waals surface area contributed by atoms with Gasteiger partial charge in [-0.15, -0.1) is 11.3 Å². The number of thiazole rings is 1. The number of amides is 1. The molecule has 3 heterocycles. The predicted octanol–water partition coefficient (Wildman–Crippen LogP) is 4.66. The molecule has 2 aromatic rings. The lowest BCUT2D eigenvalue weighted by molar-refractivity contribution is 0.0593. The van der Waals surface area contributed by atoms with Crippen molar-refractivity contribution in [3.8, 4) is 10.6 Å². The molecule has 4 nitrogen and oxygen atoms in total. The largest absolute Gasteiger partial charge is 0.338 e. The highest BCUT2D eigenvalue weighted by Crippen LogP contribution is 2.32. The maximum Gasteiger partial charge on any atom is 0.265 e. The average molecular weight is 402 g/mol. The number of piperidine rings is 2. The Labute approximate surface area is 170 Å². The SMILES string of the molecule is Cc1ccc(-c2nc(C)c(C(=O)N3CCC(N4CCCCC4)CC3)s2)c(F)c1. The minimum Gasteiger partial charge on any atom is -0.338 e. The molecule has 0 aliphatic carbocycles. The molecule has 2 fully saturated rings. The number of likely N-dealkylation sites (tertiary alicyclic amines) is 2. The molecule has 0 N–H and O–H groups in total. The lowest BCUT2D eigenvalue weighted by Gasteiger charge is -2.40. The van der Waals surface area contributed by atoms with Crippen LogP contribution in [0.25, 0.3) is 10.6 Å². The molecule has 2 aliphatic rings. The Hall–Kier alpha value is -1.79. The van der Waals surface area contributed by atoms with E-state index in [1.54, 1.807) is 6.07 Å². The number of aryl methyl sites for hydroxylation is 2. The Morgan fingerprint density at radius 2 is 1.82 bits per heavy atom. The summed E-state index contributed by atoms with van der Waals surface area (Å²) in [6.07, 6.45) is 6.05. The van der Waals surface area contributed by atoms with Crippen LogP contribution in [0.1, 0.15) is 53.0 Å². The summed E-state index contributed by atoms with van der Waals surface area (Å²) in [5, 5.41) is 0.585. The van der Waals surface area contributed by atoms with Gasteiger partial charge in [0, 0.05) is 24.7 Å². The normalized spacial score (nSPS) is 19.2. The third kappa shape index (κ3) is 3.98. The third-order valence-corrected chi connectivity index (χ3v) is 7.18. The Kier molecular flexibility index (Phi) is 5.78. The molecule has 1 amide bonds. The van der Waals surface area contributed by atoms with Crippen molar-refractivity contribution >= 4 is 17.2 Å². The summed E-state index contributed by atoms with van der Waals surface area (Å²) in [7, 11) is 0. The maximum absolute atomic E-state index is 14.3. The van der Waals surface area contributed by atoms with Crippen LogP contribution >= 0.6 is 11.3 Å². The fourth-order valence-electron chi connectivity index (χ4n) is 4.36. The molecule has 0 spiro atoms. The van der Waals surface area contributed by atoms with Crippen LogP contribution in [0.15, 0.2) is 18.2 Å². The fourth-order valence-corrected chi connectivity index (χ4v) is 5.43. The molecule has 0 radical (unpaired) electrons. The smallest absolute Gasteiger partial charge is 0.265 e. The van der Waals surface area contributed by atoms with Gasteiger partial charge in [0.2, 0.25) is 0 Å². The van der Waals surface area contributed by atoms with Crippen LogP contribution in [0.4, 0.5) is 4.39 Å². The summed E-state index contributed by atoms with van der Waals surface area (Å²) in [5.74, 6) is -0.235. The molecule has 0 atom stereocenters. The van der Waals surface area contributed by atoms with Crippen LogP contribution < -0.4 is 0 Å². The predicted molar refractivity (Wildman–Crippen MR) is 111 cm³/mol. The van der Waals surface area contributed by atoms with E-state index in [9.17, 15) is 9.18 Å². The van der Waals surface area contributed by atoms with E-state index in [2.05, 4.69) is 9.88 Å². The first-order valence-corrected chi connectivity index (χ1v) is 11.1. The van der Waals surface area contributed by atoms with Gasteiger partial charge < -0.3 is 9.80 Å². The van der Waals surface area contributed by atoms with Crippen molar-refractivity contribution in [1.82, 2.24) is 14.8 Å². The van der Waals surface area contributed by atoms with E-state index < -0.39 is 0 Å². The summed E-state index contributed by atoms with van der Waals surface area (Å²) in [6, 6.07) is 5.76. The molecular formula is C22H28FN3OS. The van der Waals surface area contributed by atoms with Gasteiger partial charge in [-0.2, -0.15) is 0 Å². The molecule has 0 saturated carbocycles. The Bertz CT molecular complexity index is 851. The van der Waals surface area contributed by atoms with E-state index in [1.165, 1.54) is 49.8 Å². The van der Waals surface area contributed by atoms with Crippen molar-refractivity contribution in [3.63, 3.8) is 0 Å². The number of hydrogen-bond donors (Lipinski definition) is 0. The summed E-state index contributed by atoms with van der Waals surface area (Å²) >= 11 is 1.31. The van der Waals surface area contributed by atoms with Crippen molar-refractivity contribution in [3.05, 3.63) is 40.2 Å². The molecule has 28 heavy (non-hydrogen) atoms. The van der Waals surface area contributed by atoms with Gasteiger partial charge in [-0.3, -0.25) is 4.79 Å². The lowest BCUT2D eigenvalue weighted by atomic mass is 10.00. The molecule has 1 aromatic carbocycles. The minimum absolute atomic E-state index is 0.0471. The Morgan fingerprint density at radius 1 is 1.11 bits per heavy atom. The minimum atomic E-state index is -0.282. The van der Waals surface area contributed by atoms with Gasteiger partial charge in [-0.1, -0.05) is 12.5 Å². The lowest BCUT2D eigenvalue weighted by Crippen LogP contribution is -2.48. The van der Waals surface area contributed by atoms with Gasteiger partial charge in [0.1, 0.15) is 15.7 Å². The standard InChI is InChI=1S/C22H28FN3OS/c1-15-6-7-18(19(23)14-15)21-24-16(2)20(28-21)22(27)26-12-8-17(9-13-26)25-10-4-3-5-11-25/h6-7,14,17H,3-5,8-13H2,1-2H3.